The van der Waals surface area contributed by atoms with Gasteiger partial charge in [-0.05, 0) is 13.1 Å². The second-order valence-corrected chi connectivity index (χ2v) is 5.12. The highest BCUT2D eigenvalue weighted by Crippen LogP contribution is 2.07. The molecule has 0 spiro atoms. The minimum absolute atomic E-state index is 0.0156. The van der Waals surface area contributed by atoms with Crippen molar-refractivity contribution in [3.8, 4) is 0 Å². The lowest BCUT2D eigenvalue weighted by molar-refractivity contribution is -0.121. The minimum atomic E-state index is -3.07. The third-order valence-electron chi connectivity index (χ3n) is 1.88. The maximum atomic E-state index is 11.2. The molecule has 6 heteroatoms. The van der Waals surface area contributed by atoms with Gasteiger partial charge in [0.05, 0.1) is 11.8 Å². The maximum Gasteiger partial charge on any atom is 0.221 e. The lowest BCUT2D eigenvalue weighted by atomic mass is 10.3. The van der Waals surface area contributed by atoms with Crippen LogP contribution in [-0.4, -0.2) is 39.7 Å². The molecule has 14 heavy (non-hydrogen) atoms. The summed E-state index contributed by atoms with van der Waals surface area (Å²) in [6.45, 7) is 0.592. The molecule has 1 aliphatic heterocycles. The van der Waals surface area contributed by atoms with Gasteiger partial charge in [-0.3, -0.25) is 4.79 Å². The van der Waals surface area contributed by atoms with E-state index in [1.807, 2.05) is 0 Å². The lowest BCUT2D eigenvalue weighted by Gasteiger charge is -2.09. The first-order valence-corrected chi connectivity index (χ1v) is 6.10. The number of carbonyl (C=O) groups excluding carboxylic acids is 1. The summed E-state index contributed by atoms with van der Waals surface area (Å²) in [6, 6.07) is -0.357. The van der Waals surface area contributed by atoms with Crippen LogP contribution in [0.1, 0.15) is 6.42 Å². The Bertz CT molecular complexity index is 334. The topological polar surface area (TPSA) is 75.3 Å². The Hall–Kier alpha value is -0.880. The molecule has 2 N–H and O–H groups in total. The van der Waals surface area contributed by atoms with Gasteiger partial charge in [0.25, 0.3) is 0 Å². The summed E-state index contributed by atoms with van der Waals surface area (Å²) in [7, 11) is -1.32. The molecule has 1 amide bonds. The molecule has 1 unspecified atom stereocenters. The van der Waals surface area contributed by atoms with Gasteiger partial charge in [0.2, 0.25) is 5.91 Å². The minimum Gasteiger partial charge on any atom is -0.349 e. The van der Waals surface area contributed by atoms with E-state index in [-0.39, 0.29) is 17.7 Å². The van der Waals surface area contributed by atoms with Crippen LogP contribution in [0.4, 0.5) is 0 Å². The van der Waals surface area contributed by atoms with Crippen molar-refractivity contribution in [3.63, 3.8) is 0 Å². The van der Waals surface area contributed by atoms with Crippen LogP contribution in [0.25, 0.3) is 0 Å². The average molecular weight is 218 g/mol. The zero-order valence-corrected chi connectivity index (χ0v) is 8.80. The second kappa shape index (κ2) is 4.56. The van der Waals surface area contributed by atoms with Gasteiger partial charge in [0, 0.05) is 18.4 Å². The Morgan fingerprint density at radius 1 is 1.57 bits per heavy atom. The van der Waals surface area contributed by atoms with Crippen molar-refractivity contribution >= 4 is 15.7 Å². The van der Waals surface area contributed by atoms with Gasteiger partial charge in [-0.2, -0.15) is 0 Å². The van der Waals surface area contributed by atoms with E-state index in [4.69, 9.17) is 0 Å². The van der Waals surface area contributed by atoms with Crippen LogP contribution in [0, 0.1) is 0 Å². The zero-order valence-electron chi connectivity index (χ0n) is 7.99. The number of amides is 1. The SMILES string of the molecule is CNCCC(=O)NC1C=CS(=O)(=O)C1. The van der Waals surface area contributed by atoms with E-state index in [0.29, 0.717) is 13.0 Å². The third-order valence-corrected chi connectivity index (χ3v) is 3.27. The van der Waals surface area contributed by atoms with Gasteiger partial charge in [0.15, 0.2) is 9.84 Å². The normalized spacial score (nSPS) is 23.6. The lowest BCUT2D eigenvalue weighted by Crippen LogP contribution is -2.36. The Morgan fingerprint density at radius 3 is 2.79 bits per heavy atom. The van der Waals surface area contributed by atoms with Crippen molar-refractivity contribution < 1.29 is 13.2 Å². The van der Waals surface area contributed by atoms with E-state index in [1.165, 1.54) is 6.08 Å². The molecular formula is C8H14N2O3S. The Balaban J connectivity index is 2.34. The Labute approximate surface area is 83.5 Å². The molecule has 0 aromatic carbocycles. The molecule has 0 fully saturated rings. The van der Waals surface area contributed by atoms with Crippen LogP contribution in [0.2, 0.25) is 0 Å². The average Bonchev–Trinajstić information content (AvgIpc) is 2.42. The van der Waals surface area contributed by atoms with E-state index < -0.39 is 9.84 Å². The molecule has 80 valence electrons. The number of carbonyl (C=O) groups is 1. The Kier molecular flexibility index (Phi) is 3.65. The molecular weight excluding hydrogens is 204 g/mol. The van der Waals surface area contributed by atoms with Crippen LogP contribution in [0.15, 0.2) is 11.5 Å². The summed E-state index contributed by atoms with van der Waals surface area (Å²) in [6.07, 6.45) is 1.87. The molecule has 1 aliphatic rings. The van der Waals surface area contributed by atoms with Crippen molar-refractivity contribution in [1.82, 2.24) is 10.6 Å². The third kappa shape index (κ3) is 3.47. The van der Waals surface area contributed by atoms with Gasteiger partial charge >= 0.3 is 0 Å². The molecule has 1 heterocycles. The number of hydrogen-bond donors (Lipinski definition) is 2. The van der Waals surface area contributed by atoms with Crippen molar-refractivity contribution in [2.45, 2.75) is 12.5 Å². The zero-order chi connectivity index (χ0) is 10.6. The number of sulfone groups is 1. The fraction of sp³-hybridized carbons (Fsp3) is 0.625. The summed E-state index contributed by atoms with van der Waals surface area (Å²) >= 11 is 0. The largest absolute Gasteiger partial charge is 0.349 e. The van der Waals surface area contributed by atoms with Gasteiger partial charge in [-0.25, -0.2) is 8.42 Å². The quantitative estimate of drug-likeness (QED) is 0.636. The molecule has 0 bridgehead atoms. The number of rotatable bonds is 4. The standard InChI is InChI=1S/C8H14N2O3S/c1-9-4-2-8(11)10-7-3-5-14(12,13)6-7/h3,5,7,9H,2,4,6H2,1H3,(H,10,11). The highest BCUT2D eigenvalue weighted by Gasteiger charge is 2.22. The predicted octanol–water partition coefficient (Wildman–Crippen LogP) is -0.977. The summed E-state index contributed by atoms with van der Waals surface area (Å²) < 4.78 is 22.0. The van der Waals surface area contributed by atoms with Crippen molar-refractivity contribution in [2.24, 2.45) is 0 Å². The molecule has 0 saturated carbocycles. The van der Waals surface area contributed by atoms with E-state index in [2.05, 4.69) is 10.6 Å². The fourth-order valence-electron chi connectivity index (χ4n) is 1.18. The van der Waals surface area contributed by atoms with E-state index >= 15 is 0 Å². The number of nitrogens with one attached hydrogen (secondary N) is 2. The van der Waals surface area contributed by atoms with Gasteiger partial charge in [-0.15, -0.1) is 0 Å². The van der Waals surface area contributed by atoms with E-state index in [1.54, 1.807) is 7.05 Å². The monoisotopic (exact) mass is 218 g/mol. The van der Waals surface area contributed by atoms with Crippen LogP contribution in [0.3, 0.4) is 0 Å². The molecule has 0 aromatic rings. The van der Waals surface area contributed by atoms with Crippen LogP contribution >= 0.6 is 0 Å². The molecule has 5 nitrogen and oxygen atoms in total. The first-order valence-electron chi connectivity index (χ1n) is 4.38. The first-order chi connectivity index (χ1) is 6.53. The molecule has 0 saturated heterocycles. The van der Waals surface area contributed by atoms with E-state index in [0.717, 1.165) is 5.41 Å². The first kappa shape index (κ1) is 11.2. The van der Waals surface area contributed by atoms with E-state index in [9.17, 15) is 13.2 Å². The molecule has 1 rings (SSSR count). The summed E-state index contributed by atoms with van der Waals surface area (Å²) in [5, 5.41) is 6.62. The van der Waals surface area contributed by atoms with Crippen LogP contribution < -0.4 is 10.6 Å². The Morgan fingerprint density at radius 2 is 2.29 bits per heavy atom. The van der Waals surface area contributed by atoms with Crippen molar-refractivity contribution in [1.29, 1.82) is 0 Å². The molecule has 0 radical (unpaired) electrons. The fourth-order valence-corrected chi connectivity index (χ4v) is 2.42. The maximum absolute atomic E-state index is 11.2. The van der Waals surface area contributed by atoms with Gasteiger partial charge in [-0.1, -0.05) is 0 Å². The summed E-state index contributed by atoms with van der Waals surface area (Å²) in [4.78, 5) is 11.2. The summed E-state index contributed by atoms with van der Waals surface area (Å²) in [5.41, 5.74) is 0. The molecule has 1 atom stereocenters. The highest BCUT2D eigenvalue weighted by atomic mass is 32.2. The van der Waals surface area contributed by atoms with Crippen molar-refractivity contribution in [2.75, 3.05) is 19.3 Å². The highest BCUT2D eigenvalue weighted by molar-refractivity contribution is 7.94. The van der Waals surface area contributed by atoms with Gasteiger partial charge < -0.3 is 10.6 Å². The van der Waals surface area contributed by atoms with Crippen LogP contribution in [0.5, 0.6) is 0 Å². The second-order valence-electron chi connectivity index (χ2n) is 3.19. The molecule has 0 aliphatic carbocycles. The smallest absolute Gasteiger partial charge is 0.221 e. The van der Waals surface area contributed by atoms with Crippen molar-refractivity contribution in [3.05, 3.63) is 11.5 Å². The summed E-state index contributed by atoms with van der Waals surface area (Å²) in [5.74, 6) is -0.149. The van der Waals surface area contributed by atoms with Gasteiger partial charge in [0.1, 0.15) is 0 Å². The molecule has 0 aromatic heterocycles. The van der Waals surface area contributed by atoms with Crippen LogP contribution in [-0.2, 0) is 14.6 Å². The number of hydrogen-bond acceptors (Lipinski definition) is 4. The predicted molar refractivity (Wildman–Crippen MR) is 53.4 cm³/mol.